The summed E-state index contributed by atoms with van der Waals surface area (Å²) in [4.78, 5) is 31.8. The van der Waals surface area contributed by atoms with Crippen molar-refractivity contribution in [2.24, 2.45) is 15.8 Å². The third-order valence-corrected chi connectivity index (χ3v) is 8.27. The number of carbonyl (C=O) groups excluding carboxylic acids is 2. The minimum atomic E-state index is -0.540. The highest BCUT2D eigenvalue weighted by Crippen LogP contribution is 2.34. The fourth-order valence-electron chi connectivity index (χ4n) is 5.87. The fourth-order valence-corrected chi connectivity index (χ4v) is 5.87. The van der Waals surface area contributed by atoms with E-state index in [1.165, 1.54) is 37.7 Å². The van der Waals surface area contributed by atoms with Gasteiger partial charge in [0.25, 0.3) is 11.9 Å². The van der Waals surface area contributed by atoms with E-state index in [2.05, 4.69) is 51.8 Å². The minimum Gasteiger partial charge on any atom is -0.363 e. The number of aliphatic imine (C=N–C) groups is 1. The summed E-state index contributed by atoms with van der Waals surface area (Å²) in [5.41, 5.74) is 17.1. The van der Waals surface area contributed by atoms with Gasteiger partial charge in [-0.2, -0.15) is 4.99 Å². The van der Waals surface area contributed by atoms with Gasteiger partial charge in [0, 0.05) is 16.4 Å². The summed E-state index contributed by atoms with van der Waals surface area (Å²) in [6, 6.07) is 33.2. The molecule has 4 aromatic rings. The Balaban J connectivity index is 1.40. The zero-order chi connectivity index (χ0) is 30.9. The van der Waals surface area contributed by atoms with Crippen LogP contribution < -0.4 is 21.5 Å². The van der Waals surface area contributed by atoms with Gasteiger partial charge in [0.2, 0.25) is 0 Å². The number of benzene rings is 4. The third-order valence-electron chi connectivity index (χ3n) is 8.27. The predicted octanol–water partition coefficient (Wildman–Crippen LogP) is 6.54. The SMILES string of the molecule is CC(NC(=O)N(Cc1ccc(C(=O)N=C(N)N=[NH2+])cc1)c1ccc(C2CCCCC2)cc1)c1ccccc1-c1ccccc1. The Kier molecular flexibility index (Phi) is 9.92. The van der Waals surface area contributed by atoms with Crippen molar-refractivity contribution in [3.63, 3.8) is 0 Å². The fraction of sp³-hybridized carbons (Fsp3) is 0.250. The van der Waals surface area contributed by atoms with Crippen molar-refractivity contribution in [1.29, 1.82) is 0 Å². The molecule has 0 aromatic heterocycles. The Morgan fingerprint density at radius 3 is 2.23 bits per heavy atom. The molecule has 44 heavy (non-hydrogen) atoms. The predicted molar refractivity (Wildman–Crippen MR) is 174 cm³/mol. The Labute approximate surface area is 258 Å². The van der Waals surface area contributed by atoms with Gasteiger partial charge in [-0.3, -0.25) is 9.69 Å². The molecule has 0 aliphatic heterocycles. The second-order valence-electron chi connectivity index (χ2n) is 11.2. The van der Waals surface area contributed by atoms with Crippen molar-refractivity contribution in [2.45, 2.75) is 57.5 Å². The number of nitrogens with two attached hydrogens (primary N) is 2. The molecule has 1 unspecified atom stereocenters. The van der Waals surface area contributed by atoms with E-state index < -0.39 is 5.91 Å². The lowest BCUT2D eigenvalue weighted by Crippen LogP contribution is -2.41. The number of guanidine groups is 1. The number of amides is 3. The minimum absolute atomic E-state index is 0.215. The van der Waals surface area contributed by atoms with Crippen LogP contribution in [0, 0.1) is 0 Å². The molecule has 0 heterocycles. The van der Waals surface area contributed by atoms with Gasteiger partial charge >= 0.3 is 6.03 Å². The van der Waals surface area contributed by atoms with Gasteiger partial charge in [-0.25, -0.2) is 4.79 Å². The number of nitrogens with zero attached hydrogens (tertiary/aromatic N) is 3. The summed E-state index contributed by atoms with van der Waals surface area (Å²) in [5, 5.41) is 6.46. The van der Waals surface area contributed by atoms with Gasteiger partial charge in [0.05, 0.1) is 12.6 Å². The van der Waals surface area contributed by atoms with Crippen LogP contribution >= 0.6 is 0 Å². The van der Waals surface area contributed by atoms with Crippen LogP contribution in [-0.4, -0.2) is 17.9 Å². The van der Waals surface area contributed by atoms with E-state index in [4.69, 9.17) is 11.3 Å². The molecule has 4 aromatic carbocycles. The summed E-state index contributed by atoms with van der Waals surface area (Å²) in [5.74, 6) is -0.257. The quantitative estimate of drug-likeness (QED) is 0.123. The number of hydrogen-bond acceptors (Lipinski definition) is 2. The van der Waals surface area contributed by atoms with E-state index in [0.29, 0.717) is 18.0 Å². The average molecular weight is 588 g/mol. The molecule has 8 heteroatoms. The largest absolute Gasteiger partial charge is 0.363 e. The molecule has 1 fully saturated rings. The number of hydrogen-bond donors (Lipinski definition) is 3. The molecule has 0 radical (unpaired) electrons. The Morgan fingerprint density at radius 1 is 0.886 bits per heavy atom. The van der Waals surface area contributed by atoms with Crippen LogP contribution in [0.15, 0.2) is 113 Å². The Bertz CT molecular complexity index is 1610. The molecular formula is C36H39N6O2+. The van der Waals surface area contributed by atoms with Crippen LogP contribution in [0.2, 0.25) is 0 Å². The lowest BCUT2D eigenvalue weighted by atomic mass is 9.84. The van der Waals surface area contributed by atoms with E-state index in [1.54, 1.807) is 17.0 Å². The standard InChI is InChI=1S/C36H38N6O2/c1-25(32-14-8-9-15-33(32)29-12-6-3-7-13-29)39-36(44)42(31-22-20-28(21-23-31)27-10-4-2-5-11-27)24-26-16-18-30(19-17-26)34(43)40-35(37)41-38/h3,6-9,12-23,25,27,38H,2,4-5,10-11,24H2,1H3,(H,39,44)(H2,37,40,43)/p+1. The Hall–Kier alpha value is -5.11. The number of nitrogens with one attached hydrogen (secondary N) is 1. The topological polar surface area (TPSA) is 126 Å². The summed E-state index contributed by atoms with van der Waals surface area (Å²) in [7, 11) is 0. The maximum Gasteiger partial charge on any atom is 0.322 e. The molecular weight excluding hydrogens is 548 g/mol. The summed E-state index contributed by atoms with van der Waals surface area (Å²) >= 11 is 0. The summed E-state index contributed by atoms with van der Waals surface area (Å²) in [6.07, 6.45) is 6.26. The molecule has 1 aliphatic carbocycles. The van der Waals surface area contributed by atoms with Crippen molar-refractivity contribution < 1.29 is 15.1 Å². The monoisotopic (exact) mass is 587 g/mol. The highest BCUT2D eigenvalue weighted by Gasteiger charge is 2.22. The van der Waals surface area contributed by atoms with Gasteiger partial charge in [0.15, 0.2) is 0 Å². The molecule has 1 atom stereocenters. The molecule has 1 saturated carbocycles. The van der Waals surface area contributed by atoms with E-state index in [-0.39, 0.29) is 18.0 Å². The van der Waals surface area contributed by atoms with Crippen molar-refractivity contribution in [3.8, 4) is 11.1 Å². The maximum absolute atomic E-state index is 14.0. The lowest BCUT2D eigenvalue weighted by Gasteiger charge is -2.27. The van der Waals surface area contributed by atoms with Crippen molar-refractivity contribution in [3.05, 3.63) is 125 Å². The second-order valence-corrected chi connectivity index (χ2v) is 11.2. The second kappa shape index (κ2) is 14.4. The smallest absolute Gasteiger partial charge is 0.322 e. The Morgan fingerprint density at radius 2 is 1.55 bits per heavy atom. The number of anilines is 1. The molecule has 8 nitrogen and oxygen atoms in total. The zero-order valence-electron chi connectivity index (χ0n) is 25.0. The van der Waals surface area contributed by atoms with Gasteiger partial charge < -0.3 is 11.1 Å². The molecule has 0 bridgehead atoms. The first kappa shape index (κ1) is 30.4. The first-order valence-electron chi connectivity index (χ1n) is 15.1. The summed E-state index contributed by atoms with van der Waals surface area (Å²) in [6.45, 7) is 2.31. The van der Waals surface area contributed by atoms with Crippen molar-refractivity contribution in [2.75, 3.05) is 4.90 Å². The van der Waals surface area contributed by atoms with Gasteiger partial charge in [-0.15, -0.1) is 5.53 Å². The van der Waals surface area contributed by atoms with Crippen LogP contribution in [0.4, 0.5) is 10.5 Å². The number of urea groups is 1. The maximum atomic E-state index is 14.0. The number of rotatable bonds is 8. The molecule has 0 saturated heterocycles. The highest BCUT2D eigenvalue weighted by molar-refractivity contribution is 6.02. The van der Waals surface area contributed by atoms with Crippen molar-refractivity contribution in [1.82, 2.24) is 5.32 Å². The summed E-state index contributed by atoms with van der Waals surface area (Å²) < 4.78 is 0. The highest BCUT2D eigenvalue weighted by atomic mass is 16.2. The number of carbonyl (C=O) groups is 2. The third kappa shape index (κ3) is 7.45. The van der Waals surface area contributed by atoms with Crippen LogP contribution in [0.5, 0.6) is 0 Å². The van der Waals surface area contributed by atoms with Gasteiger partial charge in [0.1, 0.15) is 0 Å². The molecule has 3 amide bonds. The van der Waals surface area contributed by atoms with Gasteiger partial charge in [-0.1, -0.05) is 98.1 Å². The van der Waals surface area contributed by atoms with Gasteiger partial charge in [-0.05, 0) is 77.8 Å². The van der Waals surface area contributed by atoms with Crippen LogP contribution in [0.3, 0.4) is 0 Å². The zero-order valence-corrected chi connectivity index (χ0v) is 25.0. The average Bonchev–Trinajstić information content (AvgIpc) is 3.08. The molecule has 5 rings (SSSR count). The molecule has 224 valence electrons. The van der Waals surface area contributed by atoms with E-state index >= 15 is 0 Å². The first-order valence-corrected chi connectivity index (χ1v) is 15.1. The van der Waals surface area contributed by atoms with E-state index in [0.717, 1.165) is 27.9 Å². The normalized spacial score (nSPS) is 14.4. The molecule has 1 aliphatic rings. The van der Waals surface area contributed by atoms with E-state index in [9.17, 15) is 9.59 Å². The lowest BCUT2D eigenvalue weighted by molar-refractivity contribution is -0.207. The van der Waals surface area contributed by atoms with Crippen LogP contribution in [-0.2, 0) is 6.54 Å². The van der Waals surface area contributed by atoms with Crippen molar-refractivity contribution >= 4 is 23.6 Å². The van der Waals surface area contributed by atoms with E-state index in [1.807, 2.05) is 61.5 Å². The molecule has 5 N–H and O–H groups in total. The molecule has 0 spiro atoms. The van der Waals surface area contributed by atoms with Crippen LogP contribution in [0.25, 0.3) is 11.1 Å². The first-order chi connectivity index (χ1) is 21.4. The van der Waals surface area contributed by atoms with Crippen LogP contribution in [0.1, 0.15) is 78.0 Å².